The van der Waals surface area contributed by atoms with Crippen LogP contribution in [0.1, 0.15) is 17.7 Å². The third-order valence-electron chi connectivity index (χ3n) is 3.03. The van der Waals surface area contributed by atoms with Gasteiger partial charge in [0.05, 0.1) is 10.2 Å². The molecule has 21 heavy (non-hydrogen) atoms. The van der Waals surface area contributed by atoms with E-state index < -0.39 is 0 Å². The second-order valence-electron chi connectivity index (χ2n) is 4.77. The first-order valence-corrected chi connectivity index (χ1v) is 8.10. The molecule has 0 aliphatic rings. The fraction of sp³-hybridized carbons (Fsp3) is 0.333. The van der Waals surface area contributed by atoms with Crippen LogP contribution < -0.4 is 10.6 Å². The van der Waals surface area contributed by atoms with Gasteiger partial charge in [0.1, 0.15) is 0 Å². The fourth-order valence-corrected chi connectivity index (χ4v) is 2.38. The zero-order valence-electron chi connectivity index (χ0n) is 12.0. The quantitative estimate of drug-likeness (QED) is 0.609. The highest BCUT2D eigenvalue weighted by Crippen LogP contribution is 2.13. The van der Waals surface area contributed by atoms with E-state index in [-0.39, 0.29) is 0 Å². The summed E-state index contributed by atoms with van der Waals surface area (Å²) in [6.07, 6.45) is 2.97. The Morgan fingerprint density at radius 2 is 2.05 bits per heavy atom. The van der Waals surface area contributed by atoms with Crippen LogP contribution in [0.4, 0.5) is 0 Å². The zero-order valence-corrected chi connectivity index (χ0v) is 14.4. The topological polar surface area (TPSA) is 41.9 Å². The Bertz CT molecular complexity index is 563. The van der Waals surface area contributed by atoms with Gasteiger partial charge in [-0.15, -0.1) is 0 Å². The van der Waals surface area contributed by atoms with Gasteiger partial charge in [-0.25, -0.2) is 0 Å². The molecule has 0 amide bonds. The van der Waals surface area contributed by atoms with Crippen LogP contribution in [0.25, 0.3) is 0 Å². The fourth-order valence-electron chi connectivity index (χ4n) is 1.89. The first-order chi connectivity index (χ1) is 10.1. The van der Waals surface area contributed by atoms with Gasteiger partial charge < -0.3 is 10.6 Å². The molecule has 0 bridgehead atoms. The van der Waals surface area contributed by atoms with E-state index in [4.69, 9.17) is 12.2 Å². The van der Waals surface area contributed by atoms with Crippen LogP contribution in [0.3, 0.4) is 0 Å². The molecular formula is C15H19BrN4S. The molecule has 2 aromatic rings. The summed E-state index contributed by atoms with van der Waals surface area (Å²) < 4.78 is 3.00. The lowest BCUT2D eigenvalue weighted by Crippen LogP contribution is -2.35. The summed E-state index contributed by atoms with van der Waals surface area (Å²) in [6, 6.07) is 10.2. The summed E-state index contributed by atoms with van der Waals surface area (Å²) in [5.74, 6) is 0. The summed E-state index contributed by atoms with van der Waals surface area (Å²) in [7, 11) is 0. The van der Waals surface area contributed by atoms with Crippen LogP contribution in [0.2, 0.25) is 0 Å². The van der Waals surface area contributed by atoms with Crippen molar-refractivity contribution >= 4 is 33.3 Å². The number of hydrogen-bond donors (Lipinski definition) is 2. The molecule has 0 spiro atoms. The van der Waals surface area contributed by atoms with E-state index in [0.29, 0.717) is 5.11 Å². The number of halogens is 1. The molecule has 112 valence electrons. The highest BCUT2D eigenvalue weighted by atomic mass is 79.9. The Morgan fingerprint density at radius 1 is 1.29 bits per heavy atom. The standard InChI is InChI=1S/C15H19BrN4S/c1-12-14(16)11-20(19-12)9-5-8-17-15(21)18-10-13-6-3-2-4-7-13/h2-4,6-7,11H,5,8-10H2,1H3,(H2,17,18,21). The van der Waals surface area contributed by atoms with Crippen molar-refractivity contribution < 1.29 is 0 Å². The van der Waals surface area contributed by atoms with E-state index in [1.807, 2.05) is 36.0 Å². The number of aryl methyl sites for hydroxylation is 2. The number of rotatable bonds is 6. The van der Waals surface area contributed by atoms with Gasteiger partial charge in [0.15, 0.2) is 5.11 Å². The van der Waals surface area contributed by atoms with E-state index in [1.54, 1.807) is 0 Å². The Kier molecular flexibility index (Phi) is 6.20. The lowest BCUT2D eigenvalue weighted by atomic mass is 10.2. The van der Waals surface area contributed by atoms with Gasteiger partial charge in [-0.1, -0.05) is 30.3 Å². The molecule has 0 radical (unpaired) electrons. The first-order valence-electron chi connectivity index (χ1n) is 6.90. The van der Waals surface area contributed by atoms with E-state index in [0.717, 1.165) is 36.2 Å². The molecule has 0 aliphatic carbocycles. The SMILES string of the molecule is Cc1nn(CCCNC(=S)NCc2ccccc2)cc1Br. The number of thiocarbonyl (C=S) groups is 1. The molecule has 0 saturated heterocycles. The normalized spacial score (nSPS) is 10.4. The summed E-state index contributed by atoms with van der Waals surface area (Å²) >= 11 is 8.72. The Labute approximate surface area is 139 Å². The van der Waals surface area contributed by atoms with Gasteiger partial charge >= 0.3 is 0 Å². The number of nitrogens with one attached hydrogen (secondary N) is 2. The molecule has 2 rings (SSSR count). The van der Waals surface area contributed by atoms with Crippen molar-refractivity contribution in [2.45, 2.75) is 26.4 Å². The number of nitrogens with zero attached hydrogens (tertiary/aromatic N) is 2. The van der Waals surface area contributed by atoms with Crippen molar-refractivity contribution in [3.8, 4) is 0 Å². The van der Waals surface area contributed by atoms with Crippen LogP contribution >= 0.6 is 28.1 Å². The van der Waals surface area contributed by atoms with E-state index in [9.17, 15) is 0 Å². The lowest BCUT2D eigenvalue weighted by Gasteiger charge is -2.10. The van der Waals surface area contributed by atoms with Gasteiger partial charge in [0.25, 0.3) is 0 Å². The molecule has 1 heterocycles. The van der Waals surface area contributed by atoms with Crippen molar-refractivity contribution in [1.82, 2.24) is 20.4 Å². The lowest BCUT2D eigenvalue weighted by molar-refractivity contribution is 0.568. The highest BCUT2D eigenvalue weighted by Gasteiger charge is 2.01. The second kappa shape index (κ2) is 8.14. The van der Waals surface area contributed by atoms with Crippen molar-refractivity contribution in [3.05, 3.63) is 52.3 Å². The van der Waals surface area contributed by atoms with Gasteiger partial charge in [-0.2, -0.15) is 5.10 Å². The Balaban J connectivity index is 1.61. The van der Waals surface area contributed by atoms with Crippen molar-refractivity contribution in [2.75, 3.05) is 6.54 Å². The average Bonchev–Trinajstić information content (AvgIpc) is 2.81. The monoisotopic (exact) mass is 366 g/mol. The summed E-state index contributed by atoms with van der Waals surface area (Å²) in [6.45, 7) is 4.44. The number of benzene rings is 1. The van der Waals surface area contributed by atoms with Crippen LogP contribution in [-0.2, 0) is 13.1 Å². The van der Waals surface area contributed by atoms with Crippen LogP contribution in [0.15, 0.2) is 41.0 Å². The molecular weight excluding hydrogens is 348 g/mol. The van der Waals surface area contributed by atoms with Crippen LogP contribution in [0.5, 0.6) is 0 Å². The maximum atomic E-state index is 5.26. The van der Waals surface area contributed by atoms with Gasteiger partial charge in [-0.05, 0) is 47.1 Å². The van der Waals surface area contributed by atoms with Crippen molar-refractivity contribution in [2.24, 2.45) is 0 Å². The third kappa shape index (κ3) is 5.47. The van der Waals surface area contributed by atoms with Crippen molar-refractivity contribution in [3.63, 3.8) is 0 Å². The molecule has 0 saturated carbocycles. The number of aromatic nitrogens is 2. The molecule has 1 aromatic heterocycles. The largest absolute Gasteiger partial charge is 0.363 e. The maximum Gasteiger partial charge on any atom is 0.166 e. The third-order valence-corrected chi connectivity index (χ3v) is 4.10. The summed E-state index contributed by atoms with van der Waals surface area (Å²) in [4.78, 5) is 0. The first kappa shape index (κ1) is 16.0. The Hall–Kier alpha value is -1.40. The predicted molar refractivity (Wildman–Crippen MR) is 93.2 cm³/mol. The molecule has 0 unspecified atom stereocenters. The molecule has 0 fully saturated rings. The van der Waals surface area contributed by atoms with E-state index >= 15 is 0 Å². The minimum absolute atomic E-state index is 0.691. The summed E-state index contributed by atoms with van der Waals surface area (Å²) in [5.41, 5.74) is 2.24. The molecule has 0 atom stereocenters. The van der Waals surface area contributed by atoms with Gasteiger partial charge in [0.2, 0.25) is 0 Å². The minimum Gasteiger partial charge on any atom is -0.363 e. The van der Waals surface area contributed by atoms with Gasteiger partial charge in [-0.3, -0.25) is 4.68 Å². The predicted octanol–water partition coefficient (Wildman–Crippen LogP) is 3.01. The highest BCUT2D eigenvalue weighted by molar-refractivity contribution is 9.10. The number of hydrogen-bond acceptors (Lipinski definition) is 2. The molecule has 1 aromatic carbocycles. The Morgan fingerprint density at radius 3 is 2.71 bits per heavy atom. The molecule has 0 aliphatic heterocycles. The van der Waals surface area contributed by atoms with Crippen molar-refractivity contribution in [1.29, 1.82) is 0 Å². The van der Waals surface area contributed by atoms with Crippen LogP contribution in [0, 0.1) is 6.92 Å². The van der Waals surface area contributed by atoms with E-state index in [2.05, 4.69) is 43.8 Å². The molecule has 6 heteroatoms. The zero-order chi connectivity index (χ0) is 15.1. The average molecular weight is 367 g/mol. The van der Waals surface area contributed by atoms with Gasteiger partial charge in [0, 0.05) is 25.8 Å². The smallest absolute Gasteiger partial charge is 0.166 e. The van der Waals surface area contributed by atoms with E-state index in [1.165, 1.54) is 5.56 Å². The molecule has 4 nitrogen and oxygen atoms in total. The second-order valence-corrected chi connectivity index (χ2v) is 6.04. The maximum absolute atomic E-state index is 5.26. The minimum atomic E-state index is 0.691. The summed E-state index contributed by atoms with van der Waals surface area (Å²) in [5, 5.41) is 11.5. The van der Waals surface area contributed by atoms with Crippen LogP contribution in [-0.4, -0.2) is 21.4 Å². The molecule has 2 N–H and O–H groups in total.